The van der Waals surface area contributed by atoms with E-state index >= 15 is 0 Å². The molecule has 4 aromatic carbocycles. The average molecular weight is 811 g/mol. The molecule has 11 heteroatoms. The van der Waals surface area contributed by atoms with Crippen LogP contribution in [0.4, 0.5) is 22.7 Å². The maximum atomic E-state index is 12.0. The molecule has 2 radical (unpaired) electrons. The number of amides is 1. The Morgan fingerprint density at radius 2 is 1.22 bits per heavy atom. The van der Waals surface area contributed by atoms with Gasteiger partial charge in [-0.05, 0) is 53.9 Å². The molecule has 2 aliphatic heterocycles. The summed E-state index contributed by atoms with van der Waals surface area (Å²) >= 11 is 0. The van der Waals surface area contributed by atoms with Gasteiger partial charge in [0.05, 0.1) is 20.1 Å². The van der Waals surface area contributed by atoms with Crippen molar-refractivity contribution in [2.75, 3.05) is 42.8 Å². The van der Waals surface area contributed by atoms with Gasteiger partial charge in [0.2, 0.25) is 5.91 Å². The van der Waals surface area contributed by atoms with Crippen LogP contribution < -0.4 is 15.5 Å². The standard InChI is InChI=1S/C19H19N2O2.C10H11NO.C9H10NO2.2Y/c1-14-10-11-17(16(13-14)19(22)23-2)20-18-9-6-12-21(18)15-7-4-3-5-8-15;12-10-7-4-8-11(10)9-5-2-1-3-6-9;1-6-3-4-8(10)7(5-6)9(11)12-2;;/h3-5,7-8,11,13H,6,9,12H2,1-2H3;1-3,5-6H,4,7-8H2;4-5H,10H2,1-2H3;;/q-1;;-1;;. The molecule has 49 heavy (non-hydrogen) atoms. The number of methoxy groups -OCH3 is 2. The topological polar surface area (TPSA) is 115 Å². The Bertz CT molecular complexity index is 1720. The fraction of sp³-hybridized carbons (Fsp3) is 0.263. The minimum absolute atomic E-state index is 0. The molecule has 0 saturated carbocycles. The number of carbonyl (C=O) groups is 3. The molecule has 250 valence electrons. The molecular formula is C38H40N4O5Y2-2. The van der Waals surface area contributed by atoms with Gasteiger partial charge in [0.25, 0.3) is 0 Å². The number of nitrogens with zero attached hydrogens (tertiary/aromatic N) is 3. The Kier molecular flexibility index (Phi) is 18.0. The summed E-state index contributed by atoms with van der Waals surface area (Å²) in [6, 6.07) is 32.8. The zero-order chi connectivity index (χ0) is 33.8. The molecule has 1 amide bonds. The van der Waals surface area contributed by atoms with Crippen molar-refractivity contribution >= 4 is 46.4 Å². The van der Waals surface area contributed by atoms with Gasteiger partial charge in [0, 0.05) is 103 Å². The zero-order valence-electron chi connectivity index (χ0n) is 28.4. The summed E-state index contributed by atoms with van der Waals surface area (Å²) in [6.45, 7) is 5.55. The molecule has 2 saturated heterocycles. The Labute approximate surface area is 339 Å². The number of para-hydroxylation sites is 2. The summed E-state index contributed by atoms with van der Waals surface area (Å²) in [6.07, 6.45) is 3.64. The van der Waals surface area contributed by atoms with E-state index in [9.17, 15) is 14.4 Å². The Hall–Kier alpha value is -3.23. The first-order chi connectivity index (χ1) is 22.7. The molecule has 9 nitrogen and oxygen atoms in total. The van der Waals surface area contributed by atoms with E-state index in [0.29, 0.717) is 28.9 Å². The molecule has 2 heterocycles. The first-order valence-electron chi connectivity index (χ1n) is 15.4. The van der Waals surface area contributed by atoms with Crippen LogP contribution in [0.15, 0.2) is 89.9 Å². The molecule has 0 atom stereocenters. The van der Waals surface area contributed by atoms with Crippen molar-refractivity contribution in [3.05, 3.63) is 119 Å². The van der Waals surface area contributed by atoms with E-state index in [4.69, 9.17) is 15.5 Å². The molecule has 0 bridgehead atoms. The number of esters is 2. The van der Waals surface area contributed by atoms with E-state index < -0.39 is 5.97 Å². The average Bonchev–Trinajstić information content (AvgIpc) is 3.76. The molecule has 4 aromatic rings. The van der Waals surface area contributed by atoms with Gasteiger partial charge in [-0.3, -0.25) is 4.79 Å². The minimum Gasteiger partial charge on any atom is -0.467 e. The molecule has 2 fully saturated rings. The van der Waals surface area contributed by atoms with Crippen molar-refractivity contribution in [2.24, 2.45) is 4.99 Å². The van der Waals surface area contributed by atoms with E-state index in [0.717, 1.165) is 60.7 Å². The maximum absolute atomic E-state index is 12.0. The second-order valence-electron chi connectivity index (χ2n) is 11.0. The fourth-order valence-electron chi connectivity index (χ4n) is 5.19. The number of hydrogen-bond acceptors (Lipinski definition) is 7. The fourth-order valence-corrected chi connectivity index (χ4v) is 5.19. The summed E-state index contributed by atoms with van der Waals surface area (Å²) in [5, 5.41) is 0. The number of aryl methyl sites for hydroxylation is 2. The SMILES string of the molecule is COC(=O)c1cc(C)[c-]cc1N.COC(=O)c1cc(C)[c-]cc1N=C1CCCN1c1ccccc1.O=C1CCCN1c1ccccc1.[Y].[Y]. The van der Waals surface area contributed by atoms with Gasteiger partial charge >= 0.3 is 11.9 Å². The van der Waals surface area contributed by atoms with Crippen LogP contribution in [-0.2, 0) is 79.7 Å². The number of nitrogens with two attached hydrogens (primary N) is 1. The van der Waals surface area contributed by atoms with Crippen LogP contribution in [0.25, 0.3) is 0 Å². The van der Waals surface area contributed by atoms with Crippen molar-refractivity contribution < 1.29 is 89.3 Å². The molecule has 0 aromatic heterocycles. The molecule has 2 N–H and O–H groups in total. The van der Waals surface area contributed by atoms with Crippen molar-refractivity contribution in [1.29, 1.82) is 0 Å². The van der Waals surface area contributed by atoms with Gasteiger partial charge in [-0.25, -0.2) is 9.59 Å². The van der Waals surface area contributed by atoms with Crippen LogP contribution in [0.5, 0.6) is 0 Å². The zero-order valence-corrected chi connectivity index (χ0v) is 34.1. The minimum atomic E-state index is -0.412. The Balaban J connectivity index is 0.000000273. The summed E-state index contributed by atoms with van der Waals surface area (Å²) in [4.78, 5) is 43.1. The second-order valence-corrected chi connectivity index (χ2v) is 11.0. The van der Waals surface area contributed by atoms with Crippen LogP contribution in [0.2, 0.25) is 0 Å². The number of aliphatic imine (C=N–C) groups is 1. The second kappa shape index (κ2) is 21.1. The number of nitrogen functional groups attached to an aromatic ring is 1. The molecule has 0 spiro atoms. The summed E-state index contributed by atoms with van der Waals surface area (Å²) in [5.41, 5.74) is 11.3. The van der Waals surface area contributed by atoms with E-state index in [1.807, 2.05) is 67.3 Å². The van der Waals surface area contributed by atoms with Crippen LogP contribution >= 0.6 is 0 Å². The van der Waals surface area contributed by atoms with Crippen LogP contribution in [0, 0.1) is 26.0 Å². The third-order valence-corrected chi connectivity index (χ3v) is 7.56. The summed E-state index contributed by atoms with van der Waals surface area (Å²) in [5.74, 6) is 0.440. The number of hydrogen-bond donors (Lipinski definition) is 1. The van der Waals surface area contributed by atoms with E-state index in [2.05, 4.69) is 33.9 Å². The number of benzene rings is 4. The van der Waals surface area contributed by atoms with Gasteiger partial charge in [-0.15, -0.1) is 0 Å². The number of amidine groups is 1. The normalized spacial score (nSPS) is 14.0. The van der Waals surface area contributed by atoms with Crippen LogP contribution in [0.1, 0.15) is 57.5 Å². The first kappa shape index (κ1) is 41.9. The van der Waals surface area contributed by atoms with Crippen molar-refractivity contribution in [2.45, 2.75) is 39.5 Å². The third-order valence-electron chi connectivity index (χ3n) is 7.56. The summed E-state index contributed by atoms with van der Waals surface area (Å²) in [7, 11) is 2.71. The van der Waals surface area contributed by atoms with Gasteiger partial charge in [-0.2, -0.15) is 47.5 Å². The van der Waals surface area contributed by atoms with E-state index in [1.165, 1.54) is 14.2 Å². The van der Waals surface area contributed by atoms with Gasteiger partial charge < -0.3 is 30.0 Å². The number of rotatable bonds is 5. The predicted molar refractivity (Wildman–Crippen MR) is 185 cm³/mol. The van der Waals surface area contributed by atoms with Crippen molar-refractivity contribution in [3.8, 4) is 0 Å². The molecule has 6 rings (SSSR count). The Morgan fingerprint density at radius 3 is 1.78 bits per heavy atom. The third kappa shape index (κ3) is 12.0. The van der Waals surface area contributed by atoms with Crippen LogP contribution in [-0.4, -0.2) is 51.0 Å². The molecule has 2 aliphatic rings. The molecule has 0 aliphatic carbocycles. The number of anilines is 3. The monoisotopic (exact) mass is 810 g/mol. The Morgan fingerprint density at radius 1 is 0.735 bits per heavy atom. The van der Waals surface area contributed by atoms with Gasteiger partial charge in [-0.1, -0.05) is 55.9 Å². The largest absolute Gasteiger partial charge is 0.467 e. The number of carbonyl (C=O) groups excluding carboxylic acids is 3. The maximum Gasteiger partial charge on any atom is 0.315 e. The van der Waals surface area contributed by atoms with Gasteiger partial charge in [0.15, 0.2) is 0 Å². The quantitative estimate of drug-likeness (QED) is 0.133. The first-order valence-corrected chi connectivity index (χ1v) is 15.4. The van der Waals surface area contributed by atoms with Gasteiger partial charge in [0.1, 0.15) is 0 Å². The van der Waals surface area contributed by atoms with Crippen LogP contribution in [0.3, 0.4) is 0 Å². The van der Waals surface area contributed by atoms with Crippen molar-refractivity contribution in [3.63, 3.8) is 0 Å². The predicted octanol–water partition coefficient (Wildman–Crippen LogP) is 6.88. The molecular weight excluding hydrogens is 770 g/mol. The van der Waals surface area contributed by atoms with E-state index in [-0.39, 0.29) is 77.3 Å². The summed E-state index contributed by atoms with van der Waals surface area (Å²) < 4.78 is 9.41. The van der Waals surface area contributed by atoms with Crippen molar-refractivity contribution in [1.82, 2.24) is 0 Å². The van der Waals surface area contributed by atoms with E-state index in [1.54, 1.807) is 24.3 Å². The molecule has 0 unspecified atom stereocenters. The number of ether oxygens (including phenoxy) is 2. The smallest absolute Gasteiger partial charge is 0.315 e.